The fraction of sp³-hybridized carbons (Fsp3) is 0.571. The number of rotatable bonds is 8. The quantitative estimate of drug-likeness (QED) is 0.673. The first-order chi connectivity index (χ1) is 9.70. The molecule has 3 N–H and O–H groups in total. The van der Waals surface area contributed by atoms with Crippen LogP contribution < -0.4 is 10.6 Å². The van der Waals surface area contributed by atoms with Gasteiger partial charge < -0.3 is 15.7 Å². The van der Waals surface area contributed by atoms with E-state index < -0.39 is 0 Å². The molecule has 1 aliphatic carbocycles. The summed E-state index contributed by atoms with van der Waals surface area (Å²) in [6, 6.07) is 1.84. The molecule has 1 aromatic heterocycles. The van der Waals surface area contributed by atoms with Gasteiger partial charge in [-0.1, -0.05) is 0 Å². The van der Waals surface area contributed by atoms with Crippen LogP contribution in [0.5, 0.6) is 0 Å². The van der Waals surface area contributed by atoms with Crippen molar-refractivity contribution in [2.45, 2.75) is 31.7 Å². The van der Waals surface area contributed by atoms with E-state index in [0.717, 1.165) is 12.8 Å². The summed E-state index contributed by atoms with van der Waals surface area (Å²) < 4.78 is 0. The molecule has 1 saturated carbocycles. The Bertz CT molecular complexity index is 443. The SMILES string of the molecule is O=C(CCNC(=O)c1ccsc1)NC(CCO)C1CC1. The number of hydrogen-bond donors (Lipinski definition) is 3. The Kier molecular flexibility index (Phi) is 5.55. The molecule has 1 heterocycles. The van der Waals surface area contributed by atoms with E-state index in [1.807, 2.05) is 5.38 Å². The molecule has 1 atom stereocenters. The smallest absolute Gasteiger partial charge is 0.252 e. The maximum absolute atomic E-state index is 11.8. The van der Waals surface area contributed by atoms with Gasteiger partial charge in [-0.05, 0) is 36.6 Å². The van der Waals surface area contributed by atoms with Crippen molar-refractivity contribution in [2.24, 2.45) is 5.92 Å². The lowest BCUT2D eigenvalue weighted by Crippen LogP contribution is -2.39. The van der Waals surface area contributed by atoms with Crippen LogP contribution in [-0.4, -0.2) is 36.1 Å². The molecule has 1 fully saturated rings. The topological polar surface area (TPSA) is 78.4 Å². The van der Waals surface area contributed by atoms with E-state index in [1.54, 1.807) is 11.4 Å². The van der Waals surface area contributed by atoms with E-state index in [0.29, 0.717) is 24.4 Å². The van der Waals surface area contributed by atoms with Gasteiger partial charge in [0.1, 0.15) is 0 Å². The molecule has 20 heavy (non-hydrogen) atoms. The Morgan fingerprint density at radius 2 is 2.25 bits per heavy atom. The van der Waals surface area contributed by atoms with Crippen LogP contribution in [0.25, 0.3) is 0 Å². The van der Waals surface area contributed by atoms with Gasteiger partial charge >= 0.3 is 0 Å². The van der Waals surface area contributed by atoms with Crippen LogP contribution in [0, 0.1) is 5.92 Å². The minimum Gasteiger partial charge on any atom is -0.396 e. The summed E-state index contributed by atoms with van der Waals surface area (Å²) in [6.45, 7) is 0.424. The van der Waals surface area contributed by atoms with E-state index in [2.05, 4.69) is 10.6 Å². The average Bonchev–Trinajstić information content (AvgIpc) is 3.12. The number of nitrogens with one attached hydrogen (secondary N) is 2. The lowest BCUT2D eigenvalue weighted by atomic mass is 10.1. The highest BCUT2D eigenvalue weighted by Crippen LogP contribution is 2.33. The van der Waals surface area contributed by atoms with Gasteiger partial charge in [-0.25, -0.2) is 0 Å². The van der Waals surface area contributed by atoms with Gasteiger partial charge in [0.2, 0.25) is 5.91 Å². The zero-order valence-corrected chi connectivity index (χ0v) is 12.1. The largest absolute Gasteiger partial charge is 0.396 e. The summed E-state index contributed by atoms with van der Waals surface area (Å²) in [6.07, 6.45) is 3.13. The van der Waals surface area contributed by atoms with Crippen molar-refractivity contribution in [1.82, 2.24) is 10.6 Å². The zero-order chi connectivity index (χ0) is 14.4. The van der Waals surface area contributed by atoms with E-state index in [4.69, 9.17) is 5.11 Å². The highest BCUT2D eigenvalue weighted by molar-refractivity contribution is 7.08. The van der Waals surface area contributed by atoms with Gasteiger partial charge in [0.05, 0.1) is 0 Å². The summed E-state index contributed by atoms with van der Waals surface area (Å²) in [7, 11) is 0. The number of aliphatic hydroxyl groups excluding tert-OH is 1. The molecule has 1 unspecified atom stereocenters. The number of thiophene rings is 1. The fourth-order valence-electron chi connectivity index (χ4n) is 2.13. The molecular formula is C14H20N2O3S. The molecule has 0 bridgehead atoms. The normalized spacial score (nSPS) is 15.7. The molecule has 2 rings (SSSR count). The van der Waals surface area contributed by atoms with Crippen molar-refractivity contribution in [2.75, 3.05) is 13.2 Å². The van der Waals surface area contributed by atoms with Crippen LogP contribution in [0.3, 0.4) is 0 Å². The van der Waals surface area contributed by atoms with Gasteiger partial charge in [0.15, 0.2) is 0 Å². The second-order valence-electron chi connectivity index (χ2n) is 5.04. The maximum Gasteiger partial charge on any atom is 0.252 e. The Morgan fingerprint density at radius 3 is 2.85 bits per heavy atom. The zero-order valence-electron chi connectivity index (χ0n) is 11.3. The summed E-state index contributed by atoms with van der Waals surface area (Å²) in [4.78, 5) is 23.4. The van der Waals surface area contributed by atoms with E-state index in [1.165, 1.54) is 11.3 Å². The minimum atomic E-state index is -0.145. The predicted molar refractivity (Wildman–Crippen MR) is 77.6 cm³/mol. The van der Waals surface area contributed by atoms with E-state index >= 15 is 0 Å². The predicted octanol–water partition coefficient (Wildman–Crippen LogP) is 1.15. The molecule has 0 aliphatic heterocycles. The van der Waals surface area contributed by atoms with Gasteiger partial charge in [-0.15, -0.1) is 0 Å². The third kappa shape index (κ3) is 4.61. The van der Waals surface area contributed by atoms with Crippen LogP contribution >= 0.6 is 11.3 Å². The monoisotopic (exact) mass is 296 g/mol. The van der Waals surface area contributed by atoms with Crippen molar-refractivity contribution < 1.29 is 14.7 Å². The fourth-order valence-corrected chi connectivity index (χ4v) is 2.76. The Hall–Kier alpha value is -1.40. The number of carbonyl (C=O) groups is 2. The lowest BCUT2D eigenvalue weighted by molar-refractivity contribution is -0.121. The molecule has 110 valence electrons. The van der Waals surface area contributed by atoms with Crippen molar-refractivity contribution >= 4 is 23.2 Å². The molecule has 0 aromatic carbocycles. The third-order valence-electron chi connectivity index (χ3n) is 3.40. The standard InChI is InChI=1S/C14H20N2O3S/c17-7-4-12(10-1-2-10)16-13(18)3-6-15-14(19)11-5-8-20-9-11/h5,8-10,12,17H,1-4,6-7H2,(H,15,19)(H,16,18). The molecule has 0 saturated heterocycles. The van der Waals surface area contributed by atoms with Crippen LogP contribution in [-0.2, 0) is 4.79 Å². The number of amides is 2. The molecule has 0 spiro atoms. The van der Waals surface area contributed by atoms with Gasteiger partial charge in [0, 0.05) is 36.6 Å². The first-order valence-electron chi connectivity index (χ1n) is 6.91. The summed E-state index contributed by atoms with van der Waals surface area (Å²) >= 11 is 1.47. The van der Waals surface area contributed by atoms with Crippen molar-refractivity contribution in [1.29, 1.82) is 0 Å². The second-order valence-corrected chi connectivity index (χ2v) is 5.82. The highest BCUT2D eigenvalue weighted by atomic mass is 32.1. The molecule has 1 aromatic rings. The highest BCUT2D eigenvalue weighted by Gasteiger charge is 2.31. The van der Waals surface area contributed by atoms with Crippen molar-refractivity contribution in [3.05, 3.63) is 22.4 Å². The van der Waals surface area contributed by atoms with Crippen LogP contribution in [0.15, 0.2) is 16.8 Å². The minimum absolute atomic E-state index is 0.0685. The van der Waals surface area contributed by atoms with Crippen LogP contribution in [0.1, 0.15) is 36.0 Å². The Balaban J connectivity index is 1.65. The van der Waals surface area contributed by atoms with Crippen LogP contribution in [0.2, 0.25) is 0 Å². The third-order valence-corrected chi connectivity index (χ3v) is 4.08. The second kappa shape index (κ2) is 7.40. The van der Waals surface area contributed by atoms with E-state index in [-0.39, 0.29) is 30.9 Å². The number of hydrogen-bond acceptors (Lipinski definition) is 4. The van der Waals surface area contributed by atoms with Gasteiger partial charge in [-0.2, -0.15) is 11.3 Å². The molecule has 1 aliphatic rings. The molecule has 0 radical (unpaired) electrons. The number of aliphatic hydroxyl groups is 1. The molecular weight excluding hydrogens is 276 g/mol. The van der Waals surface area contributed by atoms with Gasteiger partial charge in [0.25, 0.3) is 5.91 Å². The Morgan fingerprint density at radius 1 is 1.45 bits per heavy atom. The molecule has 6 heteroatoms. The first-order valence-corrected chi connectivity index (χ1v) is 7.85. The van der Waals surface area contributed by atoms with Gasteiger partial charge in [-0.3, -0.25) is 9.59 Å². The summed E-state index contributed by atoms with van der Waals surface area (Å²) in [5, 5.41) is 18.3. The summed E-state index contributed by atoms with van der Waals surface area (Å²) in [5.74, 6) is 0.306. The number of carbonyl (C=O) groups excluding carboxylic acids is 2. The maximum atomic E-state index is 11.8. The van der Waals surface area contributed by atoms with Crippen molar-refractivity contribution in [3.8, 4) is 0 Å². The van der Waals surface area contributed by atoms with Crippen molar-refractivity contribution in [3.63, 3.8) is 0 Å². The summed E-state index contributed by atoms with van der Waals surface area (Å²) in [5.41, 5.74) is 0.631. The van der Waals surface area contributed by atoms with Crippen LogP contribution in [0.4, 0.5) is 0 Å². The first kappa shape index (κ1) is 15.0. The average molecular weight is 296 g/mol. The molecule has 5 nitrogen and oxygen atoms in total. The lowest BCUT2D eigenvalue weighted by Gasteiger charge is -2.17. The Labute approximate surface area is 122 Å². The van der Waals surface area contributed by atoms with E-state index in [9.17, 15) is 9.59 Å². The molecule has 2 amide bonds.